The Morgan fingerprint density at radius 3 is 2.46 bits per heavy atom. The molecule has 6 rings (SSSR count). The molecule has 1 spiro atoms. The van der Waals surface area contributed by atoms with Gasteiger partial charge in [-0.25, -0.2) is 0 Å². The Hall–Kier alpha value is -4.31. The number of halogens is 2. The fourth-order valence-corrected chi connectivity index (χ4v) is 6.58. The molecule has 3 unspecified atom stereocenters. The number of carbonyl (C=O) groups is 2. The summed E-state index contributed by atoms with van der Waals surface area (Å²) in [5, 5.41) is 7.18. The Balaban J connectivity index is 1.62. The number of piperidine rings is 1. The first-order valence-corrected chi connectivity index (χ1v) is 13.8. The third-order valence-electron chi connectivity index (χ3n) is 7.77. The summed E-state index contributed by atoms with van der Waals surface area (Å²) in [5.41, 5.74) is 3.56. The SMILES string of the molecule is C#Cc1ccc(Oc2cc(C)nc(C)c2)c(C2NC(=O)CC(c3cccc(Cl)c3)C23C(=O)Nc2cc(Cl)ccc23)c1. The predicted molar refractivity (Wildman–Crippen MR) is 160 cm³/mol. The van der Waals surface area contributed by atoms with Gasteiger partial charge in [-0.05, 0) is 67.4 Å². The van der Waals surface area contributed by atoms with Gasteiger partial charge in [0.05, 0.1) is 6.04 Å². The van der Waals surface area contributed by atoms with E-state index in [9.17, 15) is 9.59 Å². The standard InChI is InChI=1S/C33H25Cl2N3O3/c1-4-20-8-11-29(41-24-12-18(2)36-19(3)13-24)25(14-20)31-33(26-10-9-23(35)16-28(26)37-32(33)40)27(17-30(39)38-31)21-6-5-7-22(34)15-21/h1,5-16,27,31H,17H2,2-3H3,(H,37,40)(H,38,39). The minimum atomic E-state index is -1.27. The van der Waals surface area contributed by atoms with Gasteiger partial charge in [0.1, 0.15) is 16.9 Å². The number of fused-ring (bicyclic) bond motifs is 2. The number of ether oxygens (including phenoxy) is 1. The van der Waals surface area contributed by atoms with Gasteiger partial charge >= 0.3 is 0 Å². The highest BCUT2D eigenvalue weighted by Crippen LogP contribution is 2.58. The lowest BCUT2D eigenvalue weighted by molar-refractivity contribution is -0.131. The van der Waals surface area contributed by atoms with Crippen LogP contribution in [0.1, 0.15) is 52.0 Å². The molecule has 3 aromatic carbocycles. The highest BCUT2D eigenvalue weighted by Gasteiger charge is 2.61. The van der Waals surface area contributed by atoms with Crippen molar-refractivity contribution in [3.8, 4) is 23.8 Å². The lowest BCUT2D eigenvalue weighted by Crippen LogP contribution is -2.56. The van der Waals surface area contributed by atoms with E-state index in [0.717, 1.165) is 22.5 Å². The number of aryl methyl sites for hydroxylation is 2. The molecule has 0 aliphatic carbocycles. The van der Waals surface area contributed by atoms with E-state index in [1.54, 1.807) is 36.4 Å². The molecule has 6 nitrogen and oxygen atoms in total. The molecule has 0 radical (unpaired) electrons. The molecule has 8 heteroatoms. The van der Waals surface area contributed by atoms with E-state index in [0.29, 0.717) is 38.4 Å². The van der Waals surface area contributed by atoms with Crippen molar-refractivity contribution in [1.82, 2.24) is 10.3 Å². The molecule has 2 N–H and O–H groups in total. The van der Waals surface area contributed by atoms with Gasteiger partial charge in [0.25, 0.3) is 0 Å². The maximum absolute atomic E-state index is 14.4. The minimum absolute atomic E-state index is 0.0695. The molecular weight excluding hydrogens is 557 g/mol. The fourth-order valence-electron chi connectivity index (χ4n) is 6.21. The molecule has 4 aromatic rings. The Morgan fingerprint density at radius 1 is 0.976 bits per heavy atom. The van der Waals surface area contributed by atoms with Crippen LogP contribution >= 0.6 is 23.2 Å². The van der Waals surface area contributed by atoms with Crippen LogP contribution in [0, 0.1) is 26.2 Å². The zero-order valence-electron chi connectivity index (χ0n) is 22.3. The van der Waals surface area contributed by atoms with Crippen molar-refractivity contribution in [3.05, 3.63) is 116 Å². The average molecular weight is 582 g/mol. The number of benzene rings is 3. The summed E-state index contributed by atoms with van der Waals surface area (Å²) in [5.74, 6) is 2.68. The average Bonchev–Trinajstić information content (AvgIpc) is 3.20. The normalized spacial score (nSPS) is 21.1. The third kappa shape index (κ3) is 4.61. The van der Waals surface area contributed by atoms with Gasteiger partial charge in [0.2, 0.25) is 11.8 Å². The molecule has 0 bridgehead atoms. The van der Waals surface area contributed by atoms with Crippen molar-refractivity contribution in [1.29, 1.82) is 0 Å². The van der Waals surface area contributed by atoms with E-state index >= 15 is 0 Å². The number of nitrogens with one attached hydrogen (secondary N) is 2. The van der Waals surface area contributed by atoms with Crippen molar-refractivity contribution in [3.63, 3.8) is 0 Å². The number of rotatable bonds is 4. The van der Waals surface area contributed by atoms with Crippen LogP contribution in [0.15, 0.2) is 72.8 Å². The number of nitrogens with zero attached hydrogens (tertiary/aromatic N) is 1. The molecular formula is C33H25Cl2N3O3. The van der Waals surface area contributed by atoms with Crippen LogP contribution in [0.2, 0.25) is 10.0 Å². The van der Waals surface area contributed by atoms with E-state index in [1.165, 1.54) is 0 Å². The Morgan fingerprint density at radius 2 is 1.73 bits per heavy atom. The summed E-state index contributed by atoms with van der Waals surface area (Å²) < 4.78 is 6.43. The van der Waals surface area contributed by atoms with Crippen molar-refractivity contribution < 1.29 is 14.3 Å². The molecule has 1 saturated heterocycles. The minimum Gasteiger partial charge on any atom is -0.457 e. The highest BCUT2D eigenvalue weighted by atomic mass is 35.5. The van der Waals surface area contributed by atoms with E-state index in [1.807, 2.05) is 50.2 Å². The molecule has 2 aliphatic heterocycles. The maximum atomic E-state index is 14.4. The van der Waals surface area contributed by atoms with Crippen LogP contribution in [0.25, 0.3) is 0 Å². The number of amides is 2. The number of carbonyl (C=O) groups excluding carboxylic acids is 2. The number of aromatic nitrogens is 1. The molecule has 3 atom stereocenters. The van der Waals surface area contributed by atoms with Gasteiger partial charge in [0, 0.05) is 62.7 Å². The van der Waals surface area contributed by atoms with Crippen LogP contribution in [-0.4, -0.2) is 16.8 Å². The molecule has 1 aromatic heterocycles. The van der Waals surface area contributed by atoms with Crippen molar-refractivity contribution >= 4 is 40.7 Å². The van der Waals surface area contributed by atoms with Crippen LogP contribution in [0.4, 0.5) is 5.69 Å². The Kier molecular flexibility index (Phi) is 6.73. The van der Waals surface area contributed by atoms with Gasteiger partial charge in [-0.15, -0.1) is 6.42 Å². The number of terminal acetylenes is 1. The van der Waals surface area contributed by atoms with Crippen molar-refractivity contribution in [2.75, 3.05) is 5.32 Å². The summed E-state index contributed by atoms with van der Waals surface area (Å²) in [7, 11) is 0. The predicted octanol–water partition coefficient (Wildman–Crippen LogP) is 7.01. The molecule has 1 fully saturated rings. The maximum Gasteiger partial charge on any atom is 0.238 e. The second-order valence-corrected chi connectivity index (χ2v) is 11.3. The molecule has 2 aliphatic rings. The Labute approximate surface area is 248 Å². The number of hydrogen-bond donors (Lipinski definition) is 2. The summed E-state index contributed by atoms with van der Waals surface area (Å²) in [6.45, 7) is 3.78. The molecule has 2 amide bonds. The monoisotopic (exact) mass is 581 g/mol. The largest absolute Gasteiger partial charge is 0.457 e. The van der Waals surface area contributed by atoms with Gasteiger partial charge in [-0.2, -0.15) is 0 Å². The first-order chi connectivity index (χ1) is 19.7. The van der Waals surface area contributed by atoms with Gasteiger partial charge < -0.3 is 15.4 Å². The number of pyridine rings is 1. The van der Waals surface area contributed by atoms with Crippen LogP contribution in [-0.2, 0) is 15.0 Å². The lowest BCUT2D eigenvalue weighted by atomic mass is 9.59. The van der Waals surface area contributed by atoms with E-state index in [-0.39, 0.29) is 18.2 Å². The fraction of sp³-hybridized carbons (Fsp3) is 0.182. The Bertz CT molecular complexity index is 1760. The van der Waals surface area contributed by atoms with E-state index in [4.69, 9.17) is 34.4 Å². The van der Waals surface area contributed by atoms with Gasteiger partial charge in [-0.3, -0.25) is 14.6 Å². The third-order valence-corrected chi connectivity index (χ3v) is 8.24. The zero-order valence-corrected chi connectivity index (χ0v) is 23.8. The van der Waals surface area contributed by atoms with E-state index in [2.05, 4.69) is 21.5 Å². The van der Waals surface area contributed by atoms with Crippen molar-refractivity contribution in [2.24, 2.45) is 0 Å². The highest BCUT2D eigenvalue weighted by molar-refractivity contribution is 6.31. The van der Waals surface area contributed by atoms with Crippen LogP contribution in [0.3, 0.4) is 0 Å². The zero-order chi connectivity index (χ0) is 28.9. The summed E-state index contributed by atoms with van der Waals surface area (Å²) in [6, 6.07) is 20.8. The smallest absolute Gasteiger partial charge is 0.238 e. The molecule has 41 heavy (non-hydrogen) atoms. The quantitative estimate of drug-likeness (QED) is 0.254. The van der Waals surface area contributed by atoms with Gasteiger partial charge in [-0.1, -0.05) is 47.3 Å². The summed E-state index contributed by atoms with van der Waals surface area (Å²) in [4.78, 5) is 32.3. The first-order valence-electron chi connectivity index (χ1n) is 13.1. The topological polar surface area (TPSA) is 80.3 Å². The summed E-state index contributed by atoms with van der Waals surface area (Å²) >= 11 is 12.8. The first kappa shape index (κ1) is 26.9. The number of hydrogen-bond acceptors (Lipinski definition) is 4. The second kappa shape index (κ2) is 10.3. The van der Waals surface area contributed by atoms with Crippen LogP contribution < -0.4 is 15.4 Å². The lowest BCUT2D eigenvalue weighted by Gasteiger charge is -2.46. The molecule has 0 saturated carbocycles. The summed E-state index contributed by atoms with van der Waals surface area (Å²) in [6.07, 6.45) is 5.89. The molecule has 204 valence electrons. The number of anilines is 1. The van der Waals surface area contributed by atoms with E-state index < -0.39 is 17.4 Å². The van der Waals surface area contributed by atoms with Crippen molar-refractivity contribution in [2.45, 2.75) is 37.6 Å². The van der Waals surface area contributed by atoms with Gasteiger partial charge in [0.15, 0.2) is 0 Å². The molecule has 3 heterocycles. The van der Waals surface area contributed by atoms with Crippen LogP contribution in [0.5, 0.6) is 11.5 Å². The second-order valence-electron chi connectivity index (χ2n) is 10.4.